The van der Waals surface area contributed by atoms with Crippen molar-refractivity contribution in [2.75, 3.05) is 6.54 Å². The number of nitrogens with zero attached hydrogens (tertiary/aromatic N) is 1. The summed E-state index contributed by atoms with van der Waals surface area (Å²) in [4.78, 5) is 15.2. The number of hydrogen-bond acceptors (Lipinski definition) is 2. The standard InChI is InChI=1S/C14H26N2OS/c1-10(2)9-16(11(3)4)13(17)14(12(15)18)7-5-6-8-14/h10-11H,5-9H2,1-4H3,(H2,15,18). The van der Waals surface area contributed by atoms with E-state index >= 15 is 0 Å². The maximum Gasteiger partial charge on any atom is 0.235 e. The van der Waals surface area contributed by atoms with Gasteiger partial charge in [0, 0.05) is 12.6 Å². The summed E-state index contributed by atoms with van der Waals surface area (Å²) in [6.45, 7) is 9.15. The number of carbonyl (C=O) groups is 1. The molecule has 1 aliphatic rings. The molecule has 0 radical (unpaired) electrons. The maximum atomic E-state index is 12.8. The van der Waals surface area contributed by atoms with Crippen LogP contribution < -0.4 is 5.73 Å². The van der Waals surface area contributed by atoms with Gasteiger partial charge in [-0.25, -0.2) is 0 Å². The van der Waals surface area contributed by atoms with Crippen LogP contribution in [-0.2, 0) is 4.79 Å². The molecular formula is C14H26N2OS. The van der Waals surface area contributed by atoms with Gasteiger partial charge in [-0.1, -0.05) is 38.9 Å². The first-order valence-electron chi connectivity index (χ1n) is 6.92. The Hall–Kier alpha value is -0.640. The SMILES string of the molecule is CC(C)CN(C(=O)C1(C(N)=S)CCCC1)C(C)C. The third-order valence-corrected chi connectivity index (χ3v) is 4.17. The van der Waals surface area contributed by atoms with Gasteiger partial charge < -0.3 is 10.6 Å². The van der Waals surface area contributed by atoms with Gasteiger partial charge in [0.15, 0.2) is 0 Å². The van der Waals surface area contributed by atoms with Crippen LogP contribution in [0.1, 0.15) is 53.4 Å². The molecule has 1 amide bonds. The summed E-state index contributed by atoms with van der Waals surface area (Å²) in [6, 6.07) is 0.201. The van der Waals surface area contributed by atoms with Crippen molar-refractivity contribution in [3.8, 4) is 0 Å². The Morgan fingerprint density at radius 2 is 1.78 bits per heavy atom. The quantitative estimate of drug-likeness (QED) is 0.781. The van der Waals surface area contributed by atoms with E-state index in [0.29, 0.717) is 10.9 Å². The number of nitrogens with two attached hydrogens (primary N) is 1. The highest BCUT2D eigenvalue weighted by Crippen LogP contribution is 2.40. The van der Waals surface area contributed by atoms with Crippen molar-refractivity contribution in [3.05, 3.63) is 0 Å². The number of carbonyl (C=O) groups excluding carboxylic acids is 1. The van der Waals surface area contributed by atoms with Crippen LogP contribution >= 0.6 is 12.2 Å². The molecule has 0 aromatic carbocycles. The van der Waals surface area contributed by atoms with E-state index in [-0.39, 0.29) is 11.9 Å². The van der Waals surface area contributed by atoms with E-state index in [1.807, 2.05) is 4.90 Å². The molecule has 1 aliphatic carbocycles. The predicted octanol–water partition coefficient (Wildman–Crippen LogP) is 2.73. The van der Waals surface area contributed by atoms with Gasteiger partial charge in [-0.15, -0.1) is 0 Å². The van der Waals surface area contributed by atoms with Crippen molar-refractivity contribution in [2.24, 2.45) is 17.1 Å². The highest BCUT2D eigenvalue weighted by molar-refractivity contribution is 7.80. The lowest BCUT2D eigenvalue weighted by molar-refractivity contribution is -0.140. The Bertz CT molecular complexity index is 320. The van der Waals surface area contributed by atoms with Crippen molar-refractivity contribution in [3.63, 3.8) is 0 Å². The second-order valence-electron chi connectivity index (χ2n) is 6.10. The van der Waals surface area contributed by atoms with Crippen molar-refractivity contribution >= 4 is 23.1 Å². The Morgan fingerprint density at radius 1 is 1.28 bits per heavy atom. The summed E-state index contributed by atoms with van der Waals surface area (Å²) in [5.74, 6) is 0.609. The van der Waals surface area contributed by atoms with Crippen LogP contribution in [0.3, 0.4) is 0 Å². The highest BCUT2D eigenvalue weighted by Gasteiger charge is 2.46. The third-order valence-electron chi connectivity index (χ3n) is 3.78. The summed E-state index contributed by atoms with van der Waals surface area (Å²) < 4.78 is 0. The van der Waals surface area contributed by atoms with E-state index in [4.69, 9.17) is 18.0 Å². The van der Waals surface area contributed by atoms with Crippen molar-refractivity contribution in [1.29, 1.82) is 0 Å². The third kappa shape index (κ3) is 3.02. The molecule has 0 heterocycles. The second-order valence-corrected chi connectivity index (χ2v) is 6.54. The lowest BCUT2D eigenvalue weighted by Crippen LogP contribution is -2.52. The van der Waals surface area contributed by atoms with Crippen LogP contribution in [0.4, 0.5) is 0 Å². The molecule has 0 aromatic rings. The van der Waals surface area contributed by atoms with Crippen LogP contribution in [0.15, 0.2) is 0 Å². The van der Waals surface area contributed by atoms with Gasteiger partial charge >= 0.3 is 0 Å². The molecule has 0 saturated heterocycles. The summed E-state index contributed by atoms with van der Waals surface area (Å²) in [6.07, 6.45) is 3.75. The Balaban J connectivity index is 2.96. The Labute approximate surface area is 116 Å². The van der Waals surface area contributed by atoms with Crippen LogP contribution in [0, 0.1) is 11.3 Å². The molecule has 0 aromatic heterocycles. The normalized spacial score (nSPS) is 18.3. The first-order valence-corrected chi connectivity index (χ1v) is 7.33. The molecule has 1 saturated carbocycles. The number of hydrogen-bond donors (Lipinski definition) is 1. The highest BCUT2D eigenvalue weighted by atomic mass is 32.1. The van der Waals surface area contributed by atoms with Gasteiger partial charge in [0.2, 0.25) is 5.91 Å². The zero-order valence-corrected chi connectivity index (χ0v) is 12.8. The van der Waals surface area contributed by atoms with Gasteiger partial charge in [0.25, 0.3) is 0 Å². The molecule has 1 fully saturated rings. The smallest absolute Gasteiger partial charge is 0.235 e. The summed E-state index contributed by atoms with van der Waals surface area (Å²) in [5, 5.41) is 0. The Morgan fingerprint density at radius 3 is 2.11 bits per heavy atom. The molecule has 0 atom stereocenters. The predicted molar refractivity (Wildman–Crippen MR) is 79.4 cm³/mol. The van der Waals surface area contributed by atoms with E-state index in [1.165, 1.54) is 0 Å². The fourth-order valence-corrected chi connectivity index (χ4v) is 3.03. The van der Waals surface area contributed by atoms with Crippen LogP contribution in [-0.4, -0.2) is 28.4 Å². The fourth-order valence-electron chi connectivity index (χ4n) is 2.74. The topological polar surface area (TPSA) is 46.3 Å². The van der Waals surface area contributed by atoms with Crippen molar-refractivity contribution in [1.82, 2.24) is 4.90 Å². The van der Waals surface area contributed by atoms with Gasteiger partial charge in [0.05, 0.1) is 10.4 Å². The molecule has 0 bridgehead atoms. The van der Waals surface area contributed by atoms with Crippen molar-refractivity contribution in [2.45, 2.75) is 59.4 Å². The van der Waals surface area contributed by atoms with Gasteiger partial charge in [0.1, 0.15) is 0 Å². The van der Waals surface area contributed by atoms with Crippen LogP contribution in [0.2, 0.25) is 0 Å². The van der Waals surface area contributed by atoms with Gasteiger partial charge in [-0.2, -0.15) is 0 Å². The molecule has 0 aliphatic heterocycles. The van der Waals surface area contributed by atoms with E-state index in [0.717, 1.165) is 32.2 Å². The minimum absolute atomic E-state index is 0.149. The molecule has 0 spiro atoms. The zero-order chi connectivity index (χ0) is 13.9. The summed E-state index contributed by atoms with van der Waals surface area (Å²) >= 11 is 5.19. The lowest BCUT2D eigenvalue weighted by atomic mass is 9.84. The van der Waals surface area contributed by atoms with E-state index in [2.05, 4.69) is 27.7 Å². The first kappa shape index (κ1) is 15.4. The molecule has 104 valence electrons. The molecule has 3 nitrogen and oxygen atoms in total. The van der Waals surface area contributed by atoms with E-state index < -0.39 is 5.41 Å². The minimum atomic E-state index is -0.561. The minimum Gasteiger partial charge on any atom is -0.392 e. The maximum absolute atomic E-state index is 12.8. The van der Waals surface area contributed by atoms with Gasteiger partial charge in [-0.05, 0) is 32.6 Å². The molecule has 1 rings (SSSR count). The molecular weight excluding hydrogens is 244 g/mol. The summed E-state index contributed by atoms with van der Waals surface area (Å²) in [7, 11) is 0. The fraction of sp³-hybridized carbons (Fsp3) is 0.857. The number of amides is 1. The number of rotatable bonds is 5. The van der Waals surface area contributed by atoms with E-state index in [1.54, 1.807) is 0 Å². The molecule has 4 heteroatoms. The first-order chi connectivity index (χ1) is 8.31. The molecule has 18 heavy (non-hydrogen) atoms. The zero-order valence-electron chi connectivity index (χ0n) is 12.0. The average Bonchev–Trinajstić information content (AvgIpc) is 2.74. The Kier molecular flexibility index (Phi) is 5.14. The molecule has 2 N–H and O–H groups in total. The largest absolute Gasteiger partial charge is 0.392 e. The van der Waals surface area contributed by atoms with Crippen LogP contribution in [0.5, 0.6) is 0 Å². The van der Waals surface area contributed by atoms with Gasteiger partial charge in [-0.3, -0.25) is 4.79 Å². The second kappa shape index (κ2) is 6.00. The van der Waals surface area contributed by atoms with Crippen molar-refractivity contribution < 1.29 is 4.79 Å². The number of thiocarbonyl (C=S) groups is 1. The molecule has 0 unspecified atom stereocenters. The van der Waals surface area contributed by atoms with E-state index in [9.17, 15) is 4.79 Å². The average molecular weight is 270 g/mol. The summed E-state index contributed by atoms with van der Waals surface area (Å²) in [5.41, 5.74) is 5.33. The lowest BCUT2D eigenvalue weighted by Gasteiger charge is -2.37. The monoisotopic (exact) mass is 270 g/mol. The van der Waals surface area contributed by atoms with Crippen LogP contribution in [0.25, 0.3) is 0 Å².